The zero-order valence-corrected chi connectivity index (χ0v) is 55.9. The summed E-state index contributed by atoms with van der Waals surface area (Å²) >= 11 is 0. The van der Waals surface area contributed by atoms with Crippen LogP contribution in [0.25, 0.3) is 104 Å². The first-order chi connectivity index (χ1) is 45.2. The average molecular weight is 1240 g/mol. The first-order valence-corrected chi connectivity index (χ1v) is 30.2. The molecular weight excluding hydrogens is 1170 g/mol. The summed E-state index contributed by atoms with van der Waals surface area (Å²) in [4.78, 5) is 24.2. The van der Waals surface area contributed by atoms with Crippen molar-refractivity contribution in [3.8, 4) is 67.8 Å². The molecule has 0 spiro atoms. The average Bonchev–Trinajstić information content (AvgIpc) is 1.02. The number of para-hydroxylation sites is 1. The normalized spacial score (nSPS) is 10.9. The van der Waals surface area contributed by atoms with Crippen molar-refractivity contribution in [2.75, 3.05) is 7.15 Å². The van der Waals surface area contributed by atoms with E-state index in [0.717, 1.165) is 89.9 Å². The van der Waals surface area contributed by atoms with Crippen LogP contribution in [0.3, 0.4) is 0 Å². The largest absolute Gasteiger partial charge is 1.00 e. The summed E-state index contributed by atoms with van der Waals surface area (Å²) < 4.78 is 15.5. The number of hydrogen-bond donors (Lipinski definition) is 0. The van der Waals surface area contributed by atoms with Gasteiger partial charge >= 0.3 is 51.4 Å². The Kier molecular flexibility index (Phi) is 26.2. The number of hydrogen-bond acceptors (Lipinski definition) is 6. The van der Waals surface area contributed by atoms with Crippen molar-refractivity contribution < 1.29 is 62.6 Å². The summed E-state index contributed by atoms with van der Waals surface area (Å²) in [5.41, 5.74) is 22.7. The van der Waals surface area contributed by atoms with Crippen LogP contribution in [-0.4, -0.2) is 38.8 Å². The minimum atomic E-state index is -1.00. The van der Waals surface area contributed by atoms with Crippen LogP contribution in [0, 0.1) is 20.8 Å². The van der Waals surface area contributed by atoms with Crippen LogP contribution >= 0.6 is 0 Å². The second-order valence-corrected chi connectivity index (χ2v) is 21.6. The third-order valence-corrected chi connectivity index (χ3v) is 14.8. The van der Waals surface area contributed by atoms with Gasteiger partial charge in [-0.2, -0.15) is 0 Å². The topological polar surface area (TPSA) is 93.9 Å². The van der Waals surface area contributed by atoms with E-state index in [0.29, 0.717) is 5.82 Å². The monoisotopic (exact) mass is 1240 g/mol. The van der Waals surface area contributed by atoms with Crippen LogP contribution in [0.1, 0.15) is 57.0 Å². The number of nitrogens with zero attached hydrogens (tertiary/aromatic N) is 5. The van der Waals surface area contributed by atoms with Gasteiger partial charge in [0.1, 0.15) is 0 Å². The molecule has 0 saturated heterocycles. The van der Waals surface area contributed by atoms with Crippen molar-refractivity contribution in [3.05, 3.63) is 365 Å². The molecule has 0 unspecified atom stereocenters. The van der Waals surface area contributed by atoms with Crippen LogP contribution in [0.4, 0.5) is 10.1 Å². The summed E-state index contributed by atoms with van der Waals surface area (Å²) in [6, 6.07) is 106. The van der Waals surface area contributed by atoms with E-state index in [-0.39, 0.29) is 56.9 Å². The van der Waals surface area contributed by atoms with Crippen molar-refractivity contribution in [2.24, 2.45) is 4.99 Å². The van der Waals surface area contributed by atoms with Crippen molar-refractivity contribution >= 4 is 48.4 Å². The number of aryl methyl sites for hydroxylation is 3. The van der Waals surface area contributed by atoms with E-state index in [9.17, 15) is 4.39 Å². The SMILES string of the molecule is C(=C\c1ccc(-c2cc(-c3ccc(/C=C/c4ccccc4)cc3)nc(-c3ccc(/C=C/c4ccccc4)cc3)n2)cc1)/c1ccccc1.C(=Nc1ccccc1)c1ccccc1.Cc1ccc(-c2cc(-c3ccc(C)cc3)nc(-c3ccc(C)cc3)n2)cc1.[2H]CF.[K+].[OH-]. The Bertz CT molecular complexity index is 4040. The maximum Gasteiger partial charge on any atom is 1.00 e. The molecule has 6 nitrogen and oxygen atoms in total. The minimum Gasteiger partial charge on any atom is -0.870 e. The van der Waals surface area contributed by atoms with Gasteiger partial charge in [-0.1, -0.05) is 338 Å². The zero-order chi connectivity index (χ0) is 63.5. The van der Waals surface area contributed by atoms with E-state index < -0.39 is 7.15 Å². The van der Waals surface area contributed by atoms with Gasteiger partial charge in [-0.25, -0.2) is 19.9 Å². The number of rotatable bonds is 14. The second kappa shape index (κ2) is 36.1. The summed E-state index contributed by atoms with van der Waals surface area (Å²) in [6.07, 6.45) is 14.7. The smallest absolute Gasteiger partial charge is 0.870 e. The Hall–Kier alpha value is -10.0. The minimum absolute atomic E-state index is 0. The van der Waals surface area contributed by atoms with E-state index in [1.54, 1.807) is 0 Å². The van der Waals surface area contributed by atoms with Crippen LogP contribution in [0.2, 0.25) is 0 Å². The summed E-state index contributed by atoms with van der Waals surface area (Å²) in [7, 11) is -1.00. The maximum absolute atomic E-state index is 9.96. The molecule has 11 aromatic carbocycles. The molecule has 8 heteroatoms. The predicted molar refractivity (Wildman–Crippen MR) is 386 cm³/mol. The molecule has 0 bridgehead atoms. The predicted octanol–water partition coefficient (Wildman–Crippen LogP) is 19.2. The van der Waals surface area contributed by atoms with E-state index in [1.807, 2.05) is 85.1 Å². The molecule has 13 aromatic rings. The fraction of sp³-hybridized carbons (Fsp3) is 0.0471. The van der Waals surface area contributed by atoms with Gasteiger partial charge in [0.05, 0.1) is 37.0 Å². The van der Waals surface area contributed by atoms with Gasteiger partial charge < -0.3 is 5.48 Å². The van der Waals surface area contributed by atoms with E-state index in [4.69, 9.17) is 21.3 Å². The van der Waals surface area contributed by atoms with Gasteiger partial charge in [0.15, 0.2) is 11.6 Å². The molecular formula is C85H71FKN5O. The molecule has 93 heavy (non-hydrogen) atoms. The third kappa shape index (κ3) is 21.0. The number of aromatic nitrogens is 4. The second-order valence-electron chi connectivity index (χ2n) is 21.6. The van der Waals surface area contributed by atoms with Gasteiger partial charge in [0.25, 0.3) is 0 Å². The molecule has 0 aliphatic heterocycles. The maximum atomic E-state index is 9.96. The molecule has 2 aromatic heterocycles. The first kappa shape index (κ1) is 67.4. The molecule has 450 valence electrons. The van der Waals surface area contributed by atoms with Crippen molar-refractivity contribution in [3.63, 3.8) is 0 Å². The Morgan fingerprint density at radius 3 is 0.785 bits per heavy atom. The van der Waals surface area contributed by atoms with Gasteiger partial charge in [0.2, 0.25) is 0 Å². The quantitative estimate of drug-likeness (QED) is 0.0614. The number of benzene rings is 11. The van der Waals surface area contributed by atoms with Crippen LogP contribution in [-0.2, 0) is 0 Å². The van der Waals surface area contributed by atoms with E-state index in [1.165, 1.54) is 33.4 Å². The molecule has 0 fully saturated rings. The Balaban J connectivity index is 0.000000205. The van der Waals surface area contributed by atoms with Crippen LogP contribution < -0.4 is 51.4 Å². The summed E-state index contributed by atoms with van der Waals surface area (Å²) in [5.74, 6) is 1.45. The fourth-order valence-electron chi connectivity index (χ4n) is 9.64. The van der Waals surface area contributed by atoms with Gasteiger partial charge in [-0.05, 0) is 84.0 Å². The van der Waals surface area contributed by atoms with Crippen LogP contribution in [0.15, 0.2) is 314 Å². The molecule has 0 atom stereocenters. The number of alkyl halides is 1. The van der Waals surface area contributed by atoms with E-state index >= 15 is 0 Å². The van der Waals surface area contributed by atoms with Gasteiger partial charge in [-0.15, -0.1) is 0 Å². The number of aliphatic imine (C=N–C) groups is 1. The Labute approximate surface area is 591 Å². The molecule has 0 aliphatic rings. The number of halogens is 1. The van der Waals surface area contributed by atoms with Gasteiger partial charge in [-0.3, -0.25) is 9.38 Å². The van der Waals surface area contributed by atoms with Crippen LogP contribution in [0.5, 0.6) is 0 Å². The van der Waals surface area contributed by atoms with Gasteiger partial charge in [0, 0.05) is 39.6 Å². The molecule has 2 heterocycles. The third-order valence-electron chi connectivity index (χ3n) is 14.8. The fourth-order valence-corrected chi connectivity index (χ4v) is 9.64. The summed E-state index contributed by atoms with van der Waals surface area (Å²) in [6.45, 7) is 6.28. The Morgan fingerprint density at radius 2 is 0.505 bits per heavy atom. The molecule has 0 aliphatic carbocycles. The van der Waals surface area contributed by atoms with E-state index in [2.05, 4.69) is 293 Å². The van der Waals surface area contributed by atoms with Crippen molar-refractivity contribution in [1.82, 2.24) is 19.9 Å². The molecule has 0 saturated carbocycles. The summed E-state index contributed by atoms with van der Waals surface area (Å²) in [5, 5.41) is 0. The Morgan fingerprint density at radius 1 is 0.290 bits per heavy atom. The molecule has 13 rings (SSSR count). The molecule has 1 N–H and O–H groups in total. The molecule has 0 amide bonds. The molecule has 0 radical (unpaired) electrons. The van der Waals surface area contributed by atoms with Crippen molar-refractivity contribution in [1.29, 1.82) is 0 Å². The zero-order valence-electron chi connectivity index (χ0n) is 53.8. The van der Waals surface area contributed by atoms with Crippen molar-refractivity contribution in [2.45, 2.75) is 20.8 Å². The standard InChI is InChI=1S/C46H34N2.C25H22N2.C13H11N.CH3F.K.H2O/c1-4-10-35(11-5-1)16-19-38-22-28-41(29-23-38)44-34-45(42-30-24-39(25-31-42)20-17-36-12-6-2-7-13-36)48-46(47-44)43-32-26-40(27-33-43)21-18-37-14-8-3-9-15-37;1-17-4-10-20(11-5-17)23-16-24(21-12-6-18(2)7-13-21)27-25(26-23)22-14-8-19(3)9-15-22;1-3-7-12(8-4-1)11-14-13-9-5-2-6-10-13;1-2;;/h1-34H;4-16H,1-3H3;1-11H;1H3;;1H2/q;;;;+1;/p-1/b19-16+,20-17+,21-18+;;;;;/i;;;1D;;. The first-order valence-electron chi connectivity index (χ1n) is 30.9.